The number of hydrogen-bond donors (Lipinski definition) is 2. The number of nitrogens with one attached hydrogen (secondary N) is 2. The van der Waals surface area contributed by atoms with Crippen LogP contribution in [0.3, 0.4) is 0 Å². The van der Waals surface area contributed by atoms with E-state index in [1.807, 2.05) is 91.0 Å². The van der Waals surface area contributed by atoms with Crippen molar-refractivity contribution >= 4 is 11.8 Å². The van der Waals surface area contributed by atoms with Gasteiger partial charge in [-0.25, -0.2) is 4.68 Å². The van der Waals surface area contributed by atoms with Gasteiger partial charge in [-0.3, -0.25) is 20.4 Å². The number of carbonyl (C=O) groups excluding carboxylic acids is 2. The van der Waals surface area contributed by atoms with Crippen LogP contribution in [0.2, 0.25) is 0 Å². The molecular weight excluding hydrogens is 404 g/mol. The molecular formula is C25H22N4O3. The lowest BCUT2D eigenvalue weighted by molar-refractivity contribution is -0.126. The molecule has 4 rings (SSSR count). The number of ether oxygens (including phenoxy) is 1. The van der Waals surface area contributed by atoms with E-state index in [2.05, 4.69) is 16.0 Å². The molecule has 0 aliphatic rings. The van der Waals surface area contributed by atoms with E-state index in [4.69, 9.17) is 4.74 Å². The third-order valence-corrected chi connectivity index (χ3v) is 4.69. The fourth-order valence-corrected chi connectivity index (χ4v) is 3.13. The summed E-state index contributed by atoms with van der Waals surface area (Å²) in [5, 5.41) is 4.60. The second-order valence-electron chi connectivity index (χ2n) is 7.02. The van der Waals surface area contributed by atoms with Gasteiger partial charge in [0.05, 0.1) is 17.9 Å². The predicted molar refractivity (Wildman–Crippen MR) is 121 cm³/mol. The third-order valence-electron chi connectivity index (χ3n) is 4.69. The lowest BCUT2D eigenvalue weighted by atomic mass is 10.1. The number of para-hydroxylation sites is 1. The summed E-state index contributed by atoms with van der Waals surface area (Å²) < 4.78 is 7.04. The van der Waals surface area contributed by atoms with Gasteiger partial charge < -0.3 is 4.74 Å². The fourth-order valence-electron chi connectivity index (χ4n) is 3.13. The molecule has 0 aliphatic heterocycles. The van der Waals surface area contributed by atoms with E-state index in [0.29, 0.717) is 17.9 Å². The van der Waals surface area contributed by atoms with Crippen molar-refractivity contribution in [3.05, 3.63) is 108 Å². The number of nitrogens with zero attached hydrogens (tertiary/aromatic N) is 2. The van der Waals surface area contributed by atoms with Gasteiger partial charge in [0.25, 0.3) is 11.8 Å². The van der Waals surface area contributed by atoms with Crippen LogP contribution >= 0.6 is 0 Å². The molecule has 2 amide bonds. The second-order valence-corrected chi connectivity index (χ2v) is 7.02. The highest BCUT2D eigenvalue weighted by Gasteiger charge is 2.19. The quantitative estimate of drug-likeness (QED) is 0.443. The summed E-state index contributed by atoms with van der Waals surface area (Å²) in [6.45, 7) is 0.133. The minimum atomic E-state index is -0.470. The van der Waals surface area contributed by atoms with Gasteiger partial charge in [-0.2, -0.15) is 5.10 Å². The van der Waals surface area contributed by atoms with Crippen molar-refractivity contribution in [1.82, 2.24) is 20.6 Å². The van der Waals surface area contributed by atoms with Crippen molar-refractivity contribution in [2.45, 2.75) is 6.61 Å². The van der Waals surface area contributed by atoms with Crippen LogP contribution in [0.25, 0.3) is 16.9 Å². The third kappa shape index (κ3) is 5.27. The highest BCUT2D eigenvalue weighted by atomic mass is 16.5. The number of rotatable bonds is 7. The molecule has 160 valence electrons. The molecule has 0 unspecified atom stereocenters. The van der Waals surface area contributed by atoms with E-state index in [9.17, 15) is 9.59 Å². The number of carbonyl (C=O) groups is 2. The Morgan fingerprint density at radius 3 is 2.12 bits per heavy atom. The molecule has 0 bridgehead atoms. The Kier molecular flexibility index (Phi) is 6.69. The van der Waals surface area contributed by atoms with Gasteiger partial charge >= 0.3 is 0 Å². The van der Waals surface area contributed by atoms with Crippen LogP contribution < -0.4 is 10.9 Å². The minimum Gasteiger partial charge on any atom is -0.367 e. The average molecular weight is 426 g/mol. The maximum Gasteiger partial charge on any atom is 0.273 e. The maximum absolute atomic E-state index is 12.9. The van der Waals surface area contributed by atoms with Crippen molar-refractivity contribution in [3.63, 3.8) is 0 Å². The number of hydrazine groups is 1. The second kappa shape index (κ2) is 10.2. The predicted octanol–water partition coefficient (Wildman–Crippen LogP) is 3.52. The Morgan fingerprint density at radius 2 is 1.44 bits per heavy atom. The zero-order chi connectivity index (χ0) is 22.2. The number of hydrogen-bond acceptors (Lipinski definition) is 4. The molecule has 2 N–H and O–H groups in total. The van der Waals surface area contributed by atoms with Crippen LogP contribution in [0, 0.1) is 0 Å². The summed E-state index contributed by atoms with van der Waals surface area (Å²) in [7, 11) is 0. The van der Waals surface area contributed by atoms with Gasteiger partial charge in [-0.15, -0.1) is 0 Å². The van der Waals surface area contributed by atoms with Crippen molar-refractivity contribution in [2.24, 2.45) is 0 Å². The van der Waals surface area contributed by atoms with E-state index < -0.39 is 11.8 Å². The lowest BCUT2D eigenvalue weighted by Gasteiger charge is -2.08. The highest BCUT2D eigenvalue weighted by molar-refractivity contribution is 6.00. The molecule has 1 aromatic heterocycles. The van der Waals surface area contributed by atoms with Crippen LogP contribution in [0.5, 0.6) is 0 Å². The fraction of sp³-hybridized carbons (Fsp3) is 0.0800. The van der Waals surface area contributed by atoms with Gasteiger partial charge in [0, 0.05) is 11.8 Å². The van der Waals surface area contributed by atoms with E-state index in [0.717, 1.165) is 16.8 Å². The van der Waals surface area contributed by atoms with Crippen LogP contribution in [0.15, 0.2) is 97.2 Å². The molecule has 1 heterocycles. The molecule has 7 nitrogen and oxygen atoms in total. The Labute approximate surface area is 185 Å². The summed E-state index contributed by atoms with van der Waals surface area (Å²) in [6, 6.07) is 28.5. The Hall–Kier alpha value is -4.23. The zero-order valence-electron chi connectivity index (χ0n) is 17.3. The van der Waals surface area contributed by atoms with Gasteiger partial charge in [-0.1, -0.05) is 78.9 Å². The summed E-state index contributed by atoms with van der Waals surface area (Å²) in [5.74, 6) is -0.923. The molecule has 0 saturated heterocycles. The topological polar surface area (TPSA) is 85.3 Å². The molecule has 3 aromatic carbocycles. The normalized spacial score (nSPS) is 10.5. The molecule has 0 aliphatic carbocycles. The summed E-state index contributed by atoms with van der Waals surface area (Å²) in [5.41, 5.74) is 8.28. The Bertz CT molecular complexity index is 1180. The summed E-state index contributed by atoms with van der Waals surface area (Å²) >= 11 is 0. The van der Waals surface area contributed by atoms with Crippen molar-refractivity contribution in [3.8, 4) is 16.9 Å². The molecule has 0 spiro atoms. The standard InChI is InChI=1S/C25H22N4O3/c30-23(18-32-17-19-10-4-1-5-11-19)26-27-25(31)22-16-29(21-14-8-3-9-15-21)28-24(22)20-12-6-2-7-13-20/h1-16H,17-18H2,(H,26,30)(H,27,31). The molecule has 0 saturated carbocycles. The van der Waals surface area contributed by atoms with E-state index >= 15 is 0 Å². The van der Waals surface area contributed by atoms with Crippen LogP contribution in [-0.2, 0) is 16.1 Å². The van der Waals surface area contributed by atoms with Gasteiger partial charge in [0.15, 0.2) is 0 Å². The molecule has 0 fully saturated rings. The first-order chi connectivity index (χ1) is 15.7. The molecule has 0 atom stereocenters. The highest BCUT2D eigenvalue weighted by Crippen LogP contribution is 2.23. The minimum absolute atomic E-state index is 0.177. The SMILES string of the molecule is O=C(COCc1ccccc1)NNC(=O)c1cn(-c2ccccc2)nc1-c1ccccc1. The molecule has 0 radical (unpaired) electrons. The zero-order valence-corrected chi connectivity index (χ0v) is 17.3. The maximum atomic E-state index is 12.9. The molecule has 4 aromatic rings. The van der Waals surface area contributed by atoms with E-state index in [1.54, 1.807) is 10.9 Å². The number of amides is 2. The van der Waals surface area contributed by atoms with Gasteiger partial charge in [0.1, 0.15) is 12.3 Å². The van der Waals surface area contributed by atoms with Crippen molar-refractivity contribution in [1.29, 1.82) is 0 Å². The Morgan fingerprint density at radius 1 is 0.812 bits per heavy atom. The van der Waals surface area contributed by atoms with Gasteiger partial charge in [-0.05, 0) is 17.7 Å². The van der Waals surface area contributed by atoms with Gasteiger partial charge in [0.2, 0.25) is 0 Å². The molecule has 32 heavy (non-hydrogen) atoms. The first kappa shape index (κ1) is 21.0. The largest absolute Gasteiger partial charge is 0.367 e. The first-order valence-corrected chi connectivity index (χ1v) is 10.1. The van der Waals surface area contributed by atoms with Crippen LogP contribution in [-0.4, -0.2) is 28.2 Å². The average Bonchev–Trinajstić information content (AvgIpc) is 3.30. The molecule has 7 heteroatoms. The van der Waals surface area contributed by atoms with Crippen LogP contribution in [0.4, 0.5) is 0 Å². The van der Waals surface area contributed by atoms with E-state index in [1.165, 1.54) is 0 Å². The van der Waals surface area contributed by atoms with E-state index in [-0.39, 0.29) is 6.61 Å². The Balaban J connectivity index is 1.43. The van der Waals surface area contributed by atoms with Crippen molar-refractivity contribution < 1.29 is 14.3 Å². The summed E-state index contributed by atoms with van der Waals surface area (Å²) in [6.07, 6.45) is 1.64. The van der Waals surface area contributed by atoms with Crippen molar-refractivity contribution in [2.75, 3.05) is 6.61 Å². The summed E-state index contributed by atoms with van der Waals surface area (Å²) in [4.78, 5) is 24.9. The number of benzene rings is 3. The monoisotopic (exact) mass is 426 g/mol. The first-order valence-electron chi connectivity index (χ1n) is 10.1. The van der Waals surface area contributed by atoms with Crippen LogP contribution in [0.1, 0.15) is 15.9 Å². The lowest BCUT2D eigenvalue weighted by Crippen LogP contribution is -2.43. The smallest absolute Gasteiger partial charge is 0.273 e. The number of aromatic nitrogens is 2.